The molecule has 2 saturated carbocycles. The van der Waals surface area contributed by atoms with Crippen LogP contribution in [0.1, 0.15) is 89.4 Å². The van der Waals surface area contributed by atoms with Crippen LogP contribution in [0, 0.1) is 0 Å². The number of hydrogen-bond acceptors (Lipinski definition) is 3. The van der Waals surface area contributed by atoms with Gasteiger partial charge in [-0.2, -0.15) is 0 Å². The third-order valence-electron chi connectivity index (χ3n) is 5.39. The van der Waals surface area contributed by atoms with Gasteiger partial charge in [-0.1, -0.05) is 44.6 Å². The van der Waals surface area contributed by atoms with Gasteiger partial charge in [-0.25, -0.2) is 4.98 Å². The van der Waals surface area contributed by atoms with Gasteiger partial charge in [0.05, 0.1) is 34.9 Å². The Morgan fingerprint density at radius 1 is 0.741 bits per heavy atom. The summed E-state index contributed by atoms with van der Waals surface area (Å²) in [5.74, 6) is 0. The summed E-state index contributed by atoms with van der Waals surface area (Å²) in [5.41, 5.74) is 4.18. The van der Waals surface area contributed by atoms with Crippen molar-refractivity contribution in [2.24, 2.45) is 9.98 Å². The third kappa shape index (κ3) is 8.27. The topological polar surface area (TPSA) is 37.6 Å². The number of hydrogen-bond donors (Lipinski definition) is 0. The molecule has 0 unspecified atom stereocenters. The van der Waals surface area contributed by atoms with E-state index in [4.69, 9.17) is 15.0 Å². The Balaban J connectivity index is 0.00000225. The number of rotatable bonds is 4. The Kier molecular flexibility index (Phi) is 13.6. The second-order valence-electron chi connectivity index (χ2n) is 7.42. The summed E-state index contributed by atoms with van der Waals surface area (Å²) in [4.78, 5) is 14.7. The molecule has 2 fully saturated rings. The van der Waals surface area contributed by atoms with Crippen molar-refractivity contribution in [2.75, 3.05) is 0 Å². The molecule has 0 amide bonds. The van der Waals surface area contributed by atoms with E-state index in [1.165, 1.54) is 64.2 Å². The van der Waals surface area contributed by atoms with Crippen LogP contribution < -0.4 is 24.8 Å². The maximum absolute atomic E-state index is 4.94. The van der Waals surface area contributed by atoms with E-state index in [1.54, 1.807) is 0 Å². The molecule has 3 nitrogen and oxygen atoms in total. The van der Waals surface area contributed by atoms with Crippen molar-refractivity contribution in [1.29, 1.82) is 0 Å². The molecule has 0 spiro atoms. The molecule has 2 aliphatic rings. The summed E-state index contributed by atoms with van der Waals surface area (Å²) in [5, 5.41) is 0. The molecule has 0 atom stereocenters. The van der Waals surface area contributed by atoms with E-state index >= 15 is 0 Å². The van der Waals surface area contributed by atoms with Crippen molar-refractivity contribution in [3.05, 3.63) is 29.6 Å². The molecule has 1 aromatic rings. The van der Waals surface area contributed by atoms with E-state index in [2.05, 4.69) is 32.0 Å². The minimum absolute atomic E-state index is 0. The molecular weight excluding hydrogens is 416 g/mol. The van der Waals surface area contributed by atoms with E-state index in [1.807, 2.05) is 0 Å². The zero-order chi connectivity index (χ0) is 16.8. The molecule has 2 aliphatic carbocycles. The standard InChI is InChI=1S/C21H31N3.2ClH.V/c1-16(22-18-10-5-3-6-11-18)20-14-9-15-21(24-20)17(2)23-19-12-7-4-8-13-19;;;/h9,14-15,18-19H,3-8,10-13H2,1-2H3;2*1H;/q;;;+2/p-2. The van der Waals surface area contributed by atoms with E-state index in [0.717, 1.165) is 22.8 Å². The molecule has 0 aliphatic heterocycles. The Bertz CT molecular complexity index is 558. The first-order valence-electron chi connectivity index (χ1n) is 9.79. The van der Waals surface area contributed by atoms with Crippen molar-refractivity contribution in [2.45, 2.75) is 90.1 Å². The zero-order valence-corrected chi connectivity index (χ0v) is 19.4. The number of halogens is 2. The van der Waals surface area contributed by atoms with Crippen LogP contribution in [0.25, 0.3) is 0 Å². The molecule has 0 saturated heterocycles. The van der Waals surface area contributed by atoms with Gasteiger partial charge in [0.15, 0.2) is 0 Å². The second-order valence-corrected chi connectivity index (χ2v) is 7.42. The van der Waals surface area contributed by atoms with Crippen molar-refractivity contribution in [3.63, 3.8) is 0 Å². The van der Waals surface area contributed by atoms with Crippen molar-refractivity contribution in [1.82, 2.24) is 4.98 Å². The van der Waals surface area contributed by atoms with Gasteiger partial charge >= 0.3 is 18.6 Å². The van der Waals surface area contributed by atoms with Crippen LogP contribution in [0.15, 0.2) is 28.2 Å². The molecule has 1 radical (unpaired) electrons. The predicted molar refractivity (Wildman–Crippen MR) is 102 cm³/mol. The summed E-state index contributed by atoms with van der Waals surface area (Å²) in [6, 6.07) is 7.26. The summed E-state index contributed by atoms with van der Waals surface area (Å²) >= 11 is 0. The predicted octanol–water partition coefficient (Wildman–Crippen LogP) is -0.629. The van der Waals surface area contributed by atoms with Crippen LogP contribution in [0.5, 0.6) is 0 Å². The van der Waals surface area contributed by atoms with E-state index in [0.29, 0.717) is 12.1 Å². The van der Waals surface area contributed by atoms with E-state index in [9.17, 15) is 0 Å². The average Bonchev–Trinajstić information content (AvgIpc) is 2.63. The maximum atomic E-state index is 4.94. The largest absolute Gasteiger partial charge is 2.00 e. The summed E-state index contributed by atoms with van der Waals surface area (Å²) < 4.78 is 0. The van der Waals surface area contributed by atoms with Gasteiger partial charge in [0.2, 0.25) is 0 Å². The van der Waals surface area contributed by atoms with Gasteiger partial charge in [0.25, 0.3) is 0 Å². The minimum Gasteiger partial charge on any atom is -1.00 e. The summed E-state index contributed by atoms with van der Waals surface area (Å²) in [7, 11) is 0. The maximum Gasteiger partial charge on any atom is 2.00 e. The van der Waals surface area contributed by atoms with Gasteiger partial charge in [0, 0.05) is 0 Å². The molecule has 1 aromatic heterocycles. The molecule has 0 aromatic carbocycles. The minimum atomic E-state index is 0. The molecule has 0 N–H and O–H groups in total. The fourth-order valence-electron chi connectivity index (χ4n) is 3.94. The van der Waals surface area contributed by atoms with Gasteiger partial charge in [-0.15, -0.1) is 0 Å². The molecule has 6 heteroatoms. The average molecular weight is 447 g/mol. The molecule has 0 bridgehead atoms. The van der Waals surface area contributed by atoms with Gasteiger partial charge in [-0.3, -0.25) is 9.98 Å². The van der Waals surface area contributed by atoms with Gasteiger partial charge < -0.3 is 24.8 Å². The van der Waals surface area contributed by atoms with Crippen LogP contribution in [-0.4, -0.2) is 28.5 Å². The quantitative estimate of drug-likeness (QED) is 0.567. The fraction of sp³-hybridized carbons (Fsp3) is 0.667. The van der Waals surface area contributed by atoms with Gasteiger partial charge in [0.1, 0.15) is 0 Å². The summed E-state index contributed by atoms with van der Waals surface area (Å²) in [6.07, 6.45) is 13.0. The Morgan fingerprint density at radius 2 is 1.11 bits per heavy atom. The monoisotopic (exact) mass is 446 g/mol. The molecule has 1 heterocycles. The van der Waals surface area contributed by atoms with Crippen LogP contribution in [-0.2, 0) is 18.6 Å². The first kappa shape index (κ1) is 26.7. The Morgan fingerprint density at radius 3 is 1.48 bits per heavy atom. The number of aliphatic imine (C=N–C) groups is 2. The van der Waals surface area contributed by atoms with Crippen LogP contribution in [0.4, 0.5) is 0 Å². The van der Waals surface area contributed by atoms with Crippen molar-refractivity contribution < 1.29 is 43.4 Å². The SMILES string of the molecule is CC(=NC1CCCCC1)c1cccc(C(C)=NC2CCCCC2)n1.[Cl-].[Cl-].[V+2]. The molecule has 149 valence electrons. The molecular formula is C21H31Cl2N3V. The third-order valence-corrected chi connectivity index (χ3v) is 5.39. The fourth-order valence-corrected chi connectivity index (χ4v) is 3.94. The first-order valence-corrected chi connectivity index (χ1v) is 9.79. The number of aromatic nitrogens is 1. The smallest absolute Gasteiger partial charge is 1.00 e. The van der Waals surface area contributed by atoms with Crippen molar-refractivity contribution in [3.8, 4) is 0 Å². The molecule has 27 heavy (non-hydrogen) atoms. The van der Waals surface area contributed by atoms with Crippen LogP contribution in [0.2, 0.25) is 0 Å². The number of pyridine rings is 1. The Hall–Kier alpha value is -0.346. The first-order chi connectivity index (χ1) is 11.7. The van der Waals surface area contributed by atoms with E-state index in [-0.39, 0.29) is 43.4 Å². The zero-order valence-electron chi connectivity index (χ0n) is 16.5. The van der Waals surface area contributed by atoms with Gasteiger partial charge in [-0.05, 0) is 51.7 Å². The number of nitrogens with zero attached hydrogens (tertiary/aromatic N) is 3. The molecule has 3 rings (SSSR count). The Labute approximate surface area is 189 Å². The normalized spacial score (nSPS) is 19.5. The van der Waals surface area contributed by atoms with Crippen LogP contribution >= 0.6 is 0 Å². The summed E-state index contributed by atoms with van der Waals surface area (Å²) in [6.45, 7) is 4.21. The second kappa shape index (κ2) is 13.8. The van der Waals surface area contributed by atoms with E-state index < -0.39 is 0 Å². The van der Waals surface area contributed by atoms with Crippen molar-refractivity contribution >= 4 is 11.4 Å². The van der Waals surface area contributed by atoms with Crippen LogP contribution in [0.3, 0.4) is 0 Å².